The maximum atomic E-state index is 12.4. The number of amides is 1. The van der Waals surface area contributed by atoms with Crippen molar-refractivity contribution in [3.8, 4) is 0 Å². The Morgan fingerprint density at radius 3 is 3.00 bits per heavy atom. The summed E-state index contributed by atoms with van der Waals surface area (Å²) >= 11 is 0. The van der Waals surface area contributed by atoms with Gasteiger partial charge in [-0.15, -0.1) is 0 Å². The molecule has 2 N–H and O–H groups in total. The van der Waals surface area contributed by atoms with E-state index in [9.17, 15) is 4.79 Å². The molecule has 1 unspecified atom stereocenters. The summed E-state index contributed by atoms with van der Waals surface area (Å²) in [5.41, 5.74) is 3.49. The predicted octanol–water partition coefficient (Wildman–Crippen LogP) is 2.72. The number of hydrogen-bond donors (Lipinski definition) is 2. The van der Waals surface area contributed by atoms with Crippen LogP contribution >= 0.6 is 0 Å². The molecule has 0 saturated carbocycles. The van der Waals surface area contributed by atoms with E-state index in [1.165, 1.54) is 0 Å². The van der Waals surface area contributed by atoms with Crippen LogP contribution in [0.3, 0.4) is 0 Å². The molecule has 120 valence electrons. The number of rotatable bonds is 3. The van der Waals surface area contributed by atoms with E-state index in [-0.39, 0.29) is 12.0 Å². The number of aryl methyl sites for hydroxylation is 1. The van der Waals surface area contributed by atoms with Crippen LogP contribution in [0.2, 0.25) is 0 Å². The van der Waals surface area contributed by atoms with E-state index in [0.29, 0.717) is 23.5 Å². The zero-order valence-corrected chi connectivity index (χ0v) is 13.0. The molecule has 7 heteroatoms. The molecular formula is C17H15N5O2. The number of pyridine rings is 1. The van der Waals surface area contributed by atoms with Gasteiger partial charge in [0.05, 0.1) is 11.9 Å². The molecule has 1 aliphatic heterocycles. The van der Waals surface area contributed by atoms with Gasteiger partial charge < -0.3 is 10.2 Å². The maximum Gasteiger partial charge on any atom is 0.273 e. The number of aromatic amines is 1. The molecule has 1 amide bonds. The Kier molecular flexibility index (Phi) is 3.45. The molecule has 0 saturated heterocycles. The second-order valence-corrected chi connectivity index (χ2v) is 5.64. The van der Waals surface area contributed by atoms with Crippen LogP contribution in [0.5, 0.6) is 0 Å². The highest BCUT2D eigenvalue weighted by Crippen LogP contribution is 2.27. The zero-order chi connectivity index (χ0) is 16.5. The minimum Gasteiger partial charge on any atom is -0.387 e. The molecule has 1 atom stereocenters. The third kappa shape index (κ3) is 2.60. The Bertz CT molecular complexity index is 933. The average Bonchev–Trinajstić information content (AvgIpc) is 3.24. The van der Waals surface area contributed by atoms with Gasteiger partial charge in [-0.25, -0.2) is 4.98 Å². The number of anilines is 1. The van der Waals surface area contributed by atoms with Gasteiger partial charge in [0.1, 0.15) is 5.71 Å². The Morgan fingerprint density at radius 2 is 2.17 bits per heavy atom. The van der Waals surface area contributed by atoms with Gasteiger partial charge >= 0.3 is 0 Å². The van der Waals surface area contributed by atoms with Crippen LogP contribution in [0.4, 0.5) is 5.69 Å². The minimum absolute atomic E-state index is 0.219. The lowest BCUT2D eigenvalue weighted by Gasteiger charge is -2.07. The SMILES string of the molecule is Cc1[nH]nc2ncc(NC(=O)C3=NOC(c4ccccc4)C3)cc12. The fourth-order valence-electron chi connectivity index (χ4n) is 2.65. The lowest BCUT2D eigenvalue weighted by atomic mass is 10.0. The molecule has 0 radical (unpaired) electrons. The first-order valence-electron chi connectivity index (χ1n) is 7.60. The molecule has 0 bridgehead atoms. The number of oxime groups is 1. The van der Waals surface area contributed by atoms with Gasteiger partial charge in [0.2, 0.25) is 0 Å². The number of H-pyrrole nitrogens is 1. The molecule has 0 aliphatic carbocycles. The highest BCUT2D eigenvalue weighted by Gasteiger charge is 2.27. The van der Waals surface area contributed by atoms with Crippen molar-refractivity contribution in [3.05, 3.63) is 53.9 Å². The molecule has 0 fully saturated rings. The van der Waals surface area contributed by atoms with Gasteiger partial charge in [0, 0.05) is 17.5 Å². The molecular weight excluding hydrogens is 306 g/mol. The number of nitrogens with one attached hydrogen (secondary N) is 2. The van der Waals surface area contributed by atoms with E-state index in [0.717, 1.165) is 16.6 Å². The van der Waals surface area contributed by atoms with Crippen LogP contribution in [0.25, 0.3) is 11.0 Å². The largest absolute Gasteiger partial charge is 0.387 e. The first-order chi connectivity index (χ1) is 11.7. The van der Waals surface area contributed by atoms with Crippen LogP contribution in [0.1, 0.15) is 23.8 Å². The zero-order valence-electron chi connectivity index (χ0n) is 13.0. The third-order valence-electron chi connectivity index (χ3n) is 3.96. The van der Waals surface area contributed by atoms with Gasteiger partial charge in [-0.2, -0.15) is 5.10 Å². The van der Waals surface area contributed by atoms with E-state index < -0.39 is 0 Å². The minimum atomic E-state index is -0.282. The summed E-state index contributed by atoms with van der Waals surface area (Å²) in [6.45, 7) is 1.90. The number of hydrogen-bond acceptors (Lipinski definition) is 5. The van der Waals surface area contributed by atoms with Crippen molar-refractivity contribution in [3.63, 3.8) is 0 Å². The number of carbonyl (C=O) groups excluding carboxylic acids is 1. The fraction of sp³-hybridized carbons (Fsp3) is 0.176. The first-order valence-corrected chi connectivity index (χ1v) is 7.60. The molecule has 3 aromatic rings. The second-order valence-electron chi connectivity index (χ2n) is 5.64. The summed E-state index contributed by atoms with van der Waals surface area (Å²) in [7, 11) is 0. The monoisotopic (exact) mass is 321 g/mol. The Hall–Kier alpha value is -3.22. The van der Waals surface area contributed by atoms with Crippen LogP contribution < -0.4 is 5.32 Å². The molecule has 24 heavy (non-hydrogen) atoms. The topological polar surface area (TPSA) is 92.3 Å². The highest BCUT2D eigenvalue weighted by molar-refractivity contribution is 6.43. The van der Waals surface area contributed by atoms with Crippen molar-refractivity contribution in [2.24, 2.45) is 5.16 Å². The summed E-state index contributed by atoms with van der Waals surface area (Å²) in [5.74, 6) is -0.282. The summed E-state index contributed by atoms with van der Waals surface area (Å²) in [4.78, 5) is 22.0. The average molecular weight is 321 g/mol. The summed E-state index contributed by atoms with van der Waals surface area (Å²) in [5, 5.41) is 14.5. The molecule has 2 aromatic heterocycles. The lowest BCUT2D eigenvalue weighted by Crippen LogP contribution is -2.21. The predicted molar refractivity (Wildman–Crippen MR) is 89.6 cm³/mol. The van der Waals surface area contributed by atoms with Gasteiger partial charge in [-0.1, -0.05) is 35.5 Å². The number of fused-ring (bicyclic) bond motifs is 1. The van der Waals surface area contributed by atoms with Crippen molar-refractivity contribution in [2.45, 2.75) is 19.4 Å². The van der Waals surface area contributed by atoms with Gasteiger partial charge in [0.25, 0.3) is 5.91 Å². The number of benzene rings is 1. The van der Waals surface area contributed by atoms with Crippen molar-refractivity contribution in [1.82, 2.24) is 15.2 Å². The van der Waals surface area contributed by atoms with E-state index in [1.807, 2.05) is 43.3 Å². The van der Waals surface area contributed by atoms with Gasteiger partial charge in [0.15, 0.2) is 11.8 Å². The van der Waals surface area contributed by atoms with E-state index in [2.05, 4.69) is 25.7 Å². The van der Waals surface area contributed by atoms with E-state index in [1.54, 1.807) is 6.20 Å². The van der Waals surface area contributed by atoms with Crippen molar-refractivity contribution >= 4 is 28.3 Å². The quantitative estimate of drug-likeness (QED) is 0.776. The fourth-order valence-corrected chi connectivity index (χ4v) is 2.65. The van der Waals surface area contributed by atoms with Crippen LogP contribution in [-0.2, 0) is 9.63 Å². The van der Waals surface area contributed by atoms with Crippen molar-refractivity contribution in [2.75, 3.05) is 5.32 Å². The standard InChI is InChI=1S/C17H15N5O2/c1-10-13-7-12(9-18-16(13)21-20-10)19-17(23)14-8-15(24-22-14)11-5-3-2-4-6-11/h2-7,9,15H,8H2,1H3,(H,19,23)(H,18,20,21). The normalized spacial score (nSPS) is 16.7. The molecule has 7 nitrogen and oxygen atoms in total. The molecule has 0 spiro atoms. The van der Waals surface area contributed by atoms with Gasteiger partial charge in [-0.05, 0) is 18.6 Å². The van der Waals surface area contributed by atoms with E-state index in [4.69, 9.17) is 4.84 Å². The third-order valence-corrected chi connectivity index (χ3v) is 3.96. The van der Waals surface area contributed by atoms with Crippen molar-refractivity contribution in [1.29, 1.82) is 0 Å². The smallest absolute Gasteiger partial charge is 0.273 e. The summed E-state index contributed by atoms with van der Waals surface area (Å²) in [6.07, 6.45) is 1.80. The maximum absolute atomic E-state index is 12.4. The Balaban J connectivity index is 1.47. The summed E-state index contributed by atoms with van der Waals surface area (Å²) in [6, 6.07) is 11.6. The molecule has 1 aliphatic rings. The first kappa shape index (κ1) is 14.4. The van der Waals surface area contributed by atoms with Crippen molar-refractivity contribution < 1.29 is 9.63 Å². The molecule has 3 heterocycles. The number of nitrogens with zero attached hydrogens (tertiary/aromatic N) is 3. The summed E-state index contributed by atoms with van der Waals surface area (Å²) < 4.78 is 0. The van der Waals surface area contributed by atoms with E-state index >= 15 is 0 Å². The number of carbonyl (C=O) groups is 1. The second kappa shape index (κ2) is 5.77. The Labute approximate surface area is 137 Å². The molecule has 4 rings (SSSR count). The lowest BCUT2D eigenvalue weighted by molar-refractivity contribution is -0.110. The molecule has 1 aromatic carbocycles. The van der Waals surface area contributed by atoms with Crippen LogP contribution in [0, 0.1) is 6.92 Å². The van der Waals surface area contributed by atoms with Gasteiger partial charge in [-0.3, -0.25) is 9.89 Å². The number of aromatic nitrogens is 3. The van der Waals surface area contributed by atoms with Crippen LogP contribution in [-0.4, -0.2) is 26.8 Å². The van der Waals surface area contributed by atoms with Crippen LogP contribution in [0.15, 0.2) is 47.8 Å². The highest BCUT2D eigenvalue weighted by atomic mass is 16.6. The Morgan fingerprint density at radius 1 is 1.33 bits per heavy atom.